The molecule has 0 heterocycles. The highest BCUT2D eigenvalue weighted by atomic mass is 35.5. The zero-order valence-corrected chi connectivity index (χ0v) is 11.7. The van der Waals surface area contributed by atoms with Crippen molar-refractivity contribution >= 4 is 27.1 Å². The molecule has 0 atom stereocenters. The highest BCUT2D eigenvalue weighted by molar-refractivity contribution is 7.90. The van der Waals surface area contributed by atoms with E-state index >= 15 is 0 Å². The fourth-order valence-corrected chi connectivity index (χ4v) is 3.29. The Hall–Kier alpha value is -1.66. The van der Waals surface area contributed by atoms with E-state index in [9.17, 15) is 17.2 Å². The van der Waals surface area contributed by atoms with Crippen molar-refractivity contribution < 1.29 is 17.2 Å². The zero-order chi connectivity index (χ0) is 14.9. The summed E-state index contributed by atoms with van der Waals surface area (Å²) in [7, 11) is -3.76. The van der Waals surface area contributed by atoms with Crippen molar-refractivity contribution in [2.45, 2.75) is 10.6 Å². The van der Waals surface area contributed by atoms with Crippen LogP contribution < -0.4 is 5.73 Å². The second-order valence-corrected chi connectivity index (χ2v) is 6.62. The molecule has 0 saturated carbocycles. The summed E-state index contributed by atoms with van der Waals surface area (Å²) in [5.41, 5.74) is 5.77. The maximum absolute atomic E-state index is 13.1. The molecular weight excluding hydrogens is 308 g/mol. The van der Waals surface area contributed by atoms with E-state index in [2.05, 4.69) is 0 Å². The van der Waals surface area contributed by atoms with E-state index in [4.69, 9.17) is 17.3 Å². The average molecular weight is 318 g/mol. The van der Waals surface area contributed by atoms with Gasteiger partial charge in [-0.1, -0.05) is 11.6 Å². The largest absolute Gasteiger partial charge is 0.398 e. The number of halogens is 3. The minimum atomic E-state index is -3.76. The van der Waals surface area contributed by atoms with Crippen LogP contribution in [-0.4, -0.2) is 8.42 Å². The normalized spacial score (nSPS) is 11.6. The van der Waals surface area contributed by atoms with Gasteiger partial charge in [0.2, 0.25) is 0 Å². The third kappa shape index (κ3) is 3.26. The molecule has 20 heavy (non-hydrogen) atoms. The summed E-state index contributed by atoms with van der Waals surface area (Å²) in [5.74, 6) is -2.18. The van der Waals surface area contributed by atoms with Gasteiger partial charge >= 0.3 is 0 Å². The molecule has 0 spiro atoms. The molecule has 0 aliphatic carbocycles. The topological polar surface area (TPSA) is 60.2 Å². The van der Waals surface area contributed by atoms with Crippen LogP contribution in [0.3, 0.4) is 0 Å². The number of nitrogen functional groups attached to an aromatic ring is 1. The van der Waals surface area contributed by atoms with Crippen LogP contribution in [0, 0.1) is 11.6 Å². The minimum absolute atomic E-state index is 0.0236. The summed E-state index contributed by atoms with van der Waals surface area (Å²) in [6.07, 6.45) is 0. The van der Waals surface area contributed by atoms with Crippen LogP contribution in [0.25, 0.3) is 0 Å². The molecule has 106 valence electrons. The Morgan fingerprint density at radius 1 is 1.05 bits per heavy atom. The predicted molar refractivity (Wildman–Crippen MR) is 73.1 cm³/mol. The molecule has 0 aliphatic heterocycles. The second kappa shape index (κ2) is 5.38. The van der Waals surface area contributed by atoms with Crippen molar-refractivity contribution in [3.63, 3.8) is 0 Å². The maximum atomic E-state index is 13.1. The molecule has 2 N–H and O–H groups in total. The van der Waals surface area contributed by atoms with Crippen LogP contribution >= 0.6 is 11.6 Å². The molecule has 0 aromatic heterocycles. The number of anilines is 1. The molecule has 2 rings (SSSR count). The molecule has 2 aromatic rings. The van der Waals surface area contributed by atoms with Gasteiger partial charge in [-0.2, -0.15) is 0 Å². The van der Waals surface area contributed by atoms with Crippen LogP contribution in [0.5, 0.6) is 0 Å². The van der Waals surface area contributed by atoms with Crippen molar-refractivity contribution in [3.05, 3.63) is 58.6 Å². The lowest BCUT2D eigenvalue weighted by Gasteiger charge is -2.07. The predicted octanol–water partition coefficient (Wildman–Crippen LogP) is 3.17. The van der Waals surface area contributed by atoms with E-state index in [1.807, 2.05) is 0 Å². The third-order valence-corrected chi connectivity index (χ3v) is 4.62. The van der Waals surface area contributed by atoms with Crippen molar-refractivity contribution in [3.8, 4) is 0 Å². The number of nitrogens with two attached hydrogens (primary N) is 1. The van der Waals surface area contributed by atoms with E-state index < -0.39 is 27.2 Å². The summed E-state index contributed by atoms with van der Waals surface area (Å²) in [6, 6.07) is 6.49. The van der Waals surface area contributed by atoms with Crippen LogP contribution in [0.1, 0.15) is 5.56 Å². The van der Waals surface area contributed by atoms with Gasteiger partial charge in [-0.05, 0) is 35.9 Å². The maximum Gasteiger partial charge on any atom is 0.182 e. The number of hydrogen-bond acceptors (Lipinski definition) is 3. The highest BCUT2D eigenvalue weighted by Gasteiger charge is 2.17. The fourth-order valence-electron chi connectivity index (χ4n) is 1.70. The van der Waals surface area contributed by atoms with Crippen LogP contribution in [0.4, 0.5) is 14.5 Å². The lowest BCUT2D eigenvalue weighted by Crippen LogP contribution is -2.06. The zero-order valence-electron chi connectivity index (χ0n) is 10.1. The molecule has 3 nitrogen and oxygen atoms in total. The van der Waals surface area contributed by atoms with Gasteiger partial charge < -0.3 is 5.73 Å². The molecule has 0 bridgehead atoms. The molecule has 0 unspecified atom stereocenters. The van der Waals surface area contributed by atoms with Crippen molar-refractivity contribution in [1.82, 2.24) is 0 Å². The van der Waals surface area contributed by atoms with Gasteiger partial charge in [0.25, 0.3) is 0 Å². The second-order valence-electron chi connectivity index (χ2n) is 4.22. The molecule has 0 radical (unpaired) electrons. The van der Waals surface area contributed by atoms with Crippen LogP contribution in [-0.2, 0) is 15.6 Å². The van der Waals surface area contributed by atoms with Crippen LogP contribution in [0.2, 0.25) is 5.02 Å². The average Bonchev–Trinajstić information content (AvgIpc) is 2.30. The van der Waals surface area contributed by atoms with Gasteiger partial charge in [-0.25, -0.2) is 17.2 Å². The Kier molecular flexibility index (Phi) is 3.96. The quantitative estimate of drug-likeness (QED) is 0.884. The Bertz CT molecular complexity index is 743. The Labute approximate surface area is 119 Å². The summed E-state index contributed by atoms with van der Waals surface area (Å²) < 4.78 is 50.4. The van der Waals surface area contributed by atoms with E-state index in [0.717, 1.165) is 12.1 Å². The van der Waals surface area contributed by atoms with Gasteiger partial charge in [-0.15, -0.1) is 0 Å². The van der Waals surface area contributed by atoms with Crippen LogP contribution in [0.15, 0.2) is 41.3 Å². The third-order valence-electron chi connectivity index (χ3n) is 2.61. The molecule has 0 aliphatic rings. The van der Waals surface area contributed by atoms with Crippen molar-refractivity contribution in [1.29, 1.82) is 0 Å². The Balaban J connectivity index is 2.37. The number of sulfone groups is 1. The van der Waals surface area contributed by atoms with Gasteiger partial charge in [-0.3, -0.25) is 0 Å². The summed E-state index contributed by atoms with van der Waals surface area (Å²) in [6.45, 7) is 0. The number of rotatable bonds is 3. The molecule has 0 fully saturated rings. The minimum Gasteiger partial charge on any atom is -0.398 e. The van der Waals surface area contributed by atoms with Gasteiger partial charge in [0.15, 0.2) is 9.84 Å². The molecule has 0 amide bonds. The molecule has 2 aromatic carbocycles. The first-order valence-corrected chi connectivity index (χ1v) is 7.54. The smallest absolute Gasteiger partial charge is 0.182 e. The first-order chi connectivity index (χ1) is 9.28. The number of benzene rings is 2. The SMILES string of the molecule is Nc1ccc(S(=O)(=O)Cc2cc(F)cc(F)c2)cc1Cl. The van der Waals surface area contributed by atoms with Crippen molar-refractivity contribution in [2.24, 2.45) is 0 Å². The number of hydrogen-bond donors (Lipinski definition) is 1. The first-order valence-electron chi connectivity index (χ1n) is 5.51. The van der Waals surface area contributed by atoms with E-state index in [1.165, 1.54) is 18.2 Å². The summed E-state index contributed by atoms with van der Waals surface area (Å²) >= 11 is 5.76. The summed E-state index contributed by atoms with van der Waals surface area (Å²) in [5, 5.41) is 0.108. The Morgan fingerprint density at radius 2 is 1.65 bits per heavy atom. The monoisotopic (exact) mass is 317 g/mol. The van der Waals surface area contributed by atoms with Crippen molar-refractivity contribution in [2.75, 3.05) is 5.73 Å². The van der Waals surface area contributed by atoms with E-state index in [-0.39, 0.29) is 21.2 Å². The molecule has 7 heteroatoms. The fraction of sp³-hybridized carbons (Fsp3) is 0.0769. The molecular formula is C13H10ClF2NO2S. The lowest BCUT2D eigenvalue weighted by molar-refractivity contribution is 0.579. The van der Waals surface area contributed by atoms with Gasteiger partial charge in [0.1, 0.15) is 11.6 Å². The Morgan fingerprint density at radius 3 is 2.20 bits per heavy atom. The van der Waals surface area contributed by atoms with E-state index in [1.54, 1.807) is 0 Å². The van der Waals surface area contributed by atoms with Gasteiger partial charge in [0.05, 0.1) is 21.4 Å². The van der Waals surface area contributed by atoms with E-state index in [0.29, 0.717) is 6.07 Å². The first kappa shape index (κ1) is 14.7. The molecule has 0 saturated heterocycles. The standard InChI is InChI=1S/C13H10ClF2NO2S/c14-12-6-11(1-2-13(12)17)20(18,19)7-8-3-9(15)5-10(16)4-8/h1-6H,7,17H2. The lowest BCUT2D eigenvalue weighted by atomic mass is 10.2. The summed E-state index contributed by atoms with van der Waals surface area (Å²) in [4.78, 5) is -0.0543. The van der Waals surface area contributed by atoms with Gasteiger partial charge in [0, 0.05) is 6.07 Å². The highest BCUT2D eigenvalue weighted by Crippen LogP contribution is 2.25.